The second-order valence-electron chi connectivity index (χ2n) is 5.74. The third-order valence-electron chi connectivity index (χ3n) is 3.49. The number of halogens is 1. The second-order valence-corrected chi connectivity index (χ2v) is 7.12. The summed E-state index contributed by atoms with van der Waals surface area (Å²) in [6, 6.07) is 10.2. The predicted octanol–water partition coefficient (Wildman–Crippen LogP) is 3.64. The Morgan fingerprint density at radius 2 is 1.84 bits per heavy atom. The van der Waals surface area contributed by atoms with E-state index in [1.807, 2.05) is 13.8 Å². The number of thiophene rings is 1. The molecule has 25 heavy (non-hydrogen) atoms. The van der Waals surface area contributed by atoms with Crippen LogP contribution in [0.5, 0.6) is 0 Å². The summed E-state index contributed by atoms with van der Waals surface area (Å²) in [5, 5.41) is 4.50. The van der Waals surface area contributed by atoms with Gasteiger partial charge in [0.15, 0.2) is 6.61 Å². The van der Waals surface area contributed by atoms with E-state index < -0.39 is 30.3 Å². The van der Waals surface area contributed by atoms with Gasteiger partial charge in [0.25, 0.3) is 11.8 Å². The van der Waals surface area contributed by atoms with Crippen molar-refractivity contribution in [3.63, 3.8) is 0 Å². The molecule has 1 aromatic heterocycles. The Balaban J connectivity index is 1.93. The fourth-order valence-corrected chi connectivity index (χ4v) is 3.07. The third-order valence-corrected chi connectivity index (χ3v) is 4.61. The van der Waals surface area contributed by atoms with Gasteiger partial charge < -0.3 is 4.74 Å². The molecule has 7 heteroatoms. The van der Waals surface area contributed by atoms with E-state index in [-0.39, 0.29) is 5.92 Å². The SMILES string of the molecule is CC(C)[C@@H](C(=O)OCC(=O)NC(=O)c1cccs1)c1ccc(Cl)cc1. The van der Waals surface area contributed by atoms with Crippen molar-refractivity contribution >= 4 is 40.7 Å². The van der Waals surface area contributed by atoms with E-state index in [9.17, 15) is 14.4 Å². The average Bonchev–Trinajstić information content (AvgIpc) is 3.09. The molecule has 2 rings (SSSR count). The summed E-state index contributed by atoms with van der Waals surface area (Å²) in [6.45, 7) is 3.27. The first-order valence-electron chi connectivity index (χ1n) is 7.68. The van der Waals surface area contributed by atoms with E-state index in [0.717, 1.165) is 5.56 Å². The van der Waals surface area contributed by atoms with Gasteiger partial charge in [-0.3, -0.25) is 19.7 Å². The molecule has 0 radical (unpaired) electrons. The summed E-state index contributed by atoms with van der Waals surface area (Å²) in [5.74, 6) is -2.22. The van der Waals surface area contributed by atoms with E-state index in [2.05, 4.69) is 5.32 Å². The molecule has 0 saturated heterocycles. The van der Waals surface area contributed by atoms with Gasteiger partial charge in [-0.05, 0) is 35.1 Å². The Hall–Kier alpha value is -2.18. The first-order chi connectivity index (χ1) is 11.9. The molecule has 1 heterocycles. The summed E-state index contributed by atoms with van der Waals surface area (Å²) in [4.78, 5) is 36.4. The zero-order chi connectivity index (χ0) is 18.4. The van der Waals surface area contributed by atoms with Crippen molar-refractivity contribution in [3.8, 4) is 0 Å². The molecule has 5 nitrogen and oxygen atoms in total. The van der Waals surface area contributed by atoms with Crippen LogP contribution in [-0.2, 0) is 14.3 Å². The molecule has 0 saturated carbocycles. The molecule has 1 N–H and O–H groups in total. The minimum atomic E-state index is -0.662. The number of carbonyl (C=O) groups is 3. The van der Waals surface area contributed by atoms with Gasteiger partial charge >= 0.3 is 5.97 Å². The highest BCUT2D eigenvalue weighted by atomic mass is 35.5. The van der Waals surface area contributed by atoms with Crippen LogP contribution in [0.4, 0.5) is 0 Å². The predicted molar refractivity (Wildman–Crippen MR) is 96.8 cm³/mol. The maximum atomic E-state index is 12.4. The Morgan fingerprint density at radius 3 is 2.40 bits per heavy atom. The zero-order valence-corrected chi connectivity index (χ0v) is 15.4. The van der Waals surface area contributed by atoms with Crippen LogP contribution in [0, 0.1) is 5.92 Å². The number of nitrogens with one attached hydrogen (secondary N) is 1. The summed E-state index contributed by atoms with van der Waals surface area (Å²) in [7, 11) is 0. The molecule has 0 bridgehead atoms. The zero-order valence-electron chi connectivity index (χ0n) is 13.8. The number of imide groups is 1. The van der Waals surface area contributed by atoms with Gasteiger partial charge in [-0.2, -0.15) is 0 Å². The molecule has 1 atom stereocenters. The number of benzene rings is 1. The standard InChI is InChI=1S/C18H18ClNO4S/c1-11(2)16(12-5-7-13(19)8-6-12)18(23)24-10-15(21)20-17(22)14-4-3-9-25-14/h3-9,11,16H,10H2,1-2H3,(H,20,21,22)/t16-/m1/s1. The van der Waals surface area contributed by atoms with Crippen molar-refractivity contribution < 1.29 is 19.1 Å². The lowest BCUT2D eigenvalue weighted by Crippen LogP contribution is -2.34. The largest absolute Gasteiger partial charge is 0.455 e. The number of ether oxygens (including phenoxy) is 1. The molecule has 1 aromatic carbocycles. The van der Waals surface area contributed by atoms with Crippen molar-refractivity contribution in [3.05, 3.63) is 57.2 Å². The summed E-state index contributed by atoms with van der Waals surface area (Å²) >= 11 is 7.09. The quantitative estimate of drug-likeness (QED) is 0.778. The topological polar surface area (TPSA) is 72.5 Å². The molecule has 2 amide bonds. The normalized spacial score (nSPS) is 11.8. The van der Waals surface area contributed by atoms with Crippen LogP contribution in [0.15, 0.2) is 41.8 Å². The van der Waals surface area contributed by atoms with Crippen molar-refractivity contribution in [1.82, 2.24) is 5.32 Å². The minimum Gasteiger partial charge on any atom is -0.455 e. The Bertz CT molecular complexity index is 741. The van der Waals surface area contributed by atoms with Crippen LogP contribution < -0.4 is 5.32 Å². The minimum absolute atomic E-state index is 0.0236. The van der Waals surface area contributed by atoms with E-state index >= 15 is 0 Å². The van der Waals surface area contributed by atoms with Gasteiger partial charge in [0.05, 0.1) is 10.8 Å². The van der Waals surface area contributed by atoms with Crippen molar-refractivity contribution in [2.24, 2.45) is 5.92 Å². The molecule has 0 aliphatic rings. The Labute approximate surface area is 154 Å². The van der Waals surface area contributed by atoms with Crippen LogP contribution >= 0.6 is 22.9 Å². The van der Waals surface area contributed by atoms with Gasteiger partial charge in [-0.1, -0.05) is 43.6 Å². The van der Waals surface area contributed by atoms with E-state index in [4.69, 9.17) is 16.3 Å². The smallest absolute Gasteiger partial charge is 0.314 e. The summed E-state index contributed by atoms with van der Waals surface area (Å²) in [6.07, 6.45) is 0. The van der Waals surface area contributed by atoms with Crippen LogP contribution in [0.2, 0.25) is 5.02 Å². The highest BCUT2D eigenvalue weighted by molar-refractivity contribution is 7.12. The number of amides is 2. The first kappa shape index (κ1) is 19.1. The van der Waals surface area contributed by atoms with E-state index in [1.165, 1.54) is 11.3 Å². The Kier molecular flexibility index (Phi) is 6.73. The highest BCUT2D eigenvalue weighted by Crippen LogP contribution is 2.27. The van der Waals surface area contributed by atoms with E-state index in [1.54, 1.807) is 41.8 Å². The van der Waals surface area contributed by atoms with Gasteiger partial charge in [0.1, 0.15) is 0 Å². The monoisotopic (exact) mass is 379 g/mol. The lowest BCUT2D eigenvalue weighted by Gasteiger charge is -2.19. The number of rotatable bonds is 6. The van der Waals surface area contributed by atoms with Gasteiger partial charge in [0, 0.05) is 5.02 Å². The van der Waals surface area contributed by atoms with Crippen LogP contribution in [0.1, 0.15) is 35.0 Å². The molecule has 132 valence electrons. The Morgan fingerprint density at radius 1 is 1.16 bits per heavy atom. The summed E-state index contributed by atoms with van der Waals surface area (Å²) in [5.41, 5.74) is 0.763. The molecular weight excluding hydrogens is 362 g/mol. The van der Waals surface area contributed by atoms with Crippen LogP contribution in [0.3, 0.4) is 0 Å². The van der Waals surface area contributed by atoms with Gasteiger partial charge in [0.2, 0.25) is 0 Å². The summed E-state index contributed by atoms with van der Waals surface area (Å²) < 4.78 is 5.10. The maximum absolute atomic E-state index is 12.4. The molecule has 0 spiro atoms. The van der Waals surface area contributed by atoms with E-state index in [0.29, 0.717) is 9.90 Å². The maximum Gasteiger partial charge on any atom is 0.314 e. The molecule has 2 aromatic rings. The molecule has 0 aliphatic carbocycles. The van der Waals surface area contributed by atoms with Crippen molar-refractivity contribution in [2.75, 3.05) is 6.61 Å². The molecular formula is C18H18ClNO4S. The lowest BCUT2D eigenvalue weighted by atomic mass is 9.88. The average molecular weight is 380 g/mol. The molecule has 0 fully saturated rings. The second kappa shape index (κ2) is 8.78. The lowest BCUT2D eigenvalue weighted by molar-refractivity contribution is -0.150. The number of hydrogen-bond donors (Lipinski definition) is 1. The number of hydrogen-bond acceptors (Lipinski definition) is 5. The third kappa shape index (κ3) is 5.41. The molecule has 0 unspecified atom stereocenters. The van der Waals surface area contributed by atoms with Crippen LogP contribution in [0.25, 0.3) is 0 Å². The van der Waals surface area contributed by atoms with Gasteiger partial charge in [-0.15, -0.1) is 11.3 Å². The highest BCUT2D eigenvalue weighted by Gasteiger charge is 2.26. The number of carbonyl (C=O) groups excluding carboxylic acids is 3. The number of esters is 1. The first-order valence-corrected chi connectivity index (χ1v) is 8.94. The van der Waals surface area contributed by atoms with Gasteiger partial charge in [-0.25, -0.2) is 0 Å². The van der Waals surface area contributed by atoms with Crippen molar-refractivity contribution in [1.29, 1.82) is 0 Å². The fraction of sp³-hybridized carbons (Fsp3) is 0.278. The van der Waals surface area contributed by atoms with Crippen molar-refractivity contribution in [2.45, 2.75) is 19.8 Å². The van der Waals surface area contributed by atoms with Crippen LogP contribution in [-0.4, -0.2) is 24.4 Å². The molecule has 0 aliphatic heterocycles. The fourth-order valence-electron chi connectivity index (χ4n) is 2.32.